The van der Waals surface area contributed by atoms with E-state index >= 15 is 0 Å². The Bertz CT molecular complexity index is 61.3. The average molecular weight is 103 g/mol. The number of aliphatic hydroxyl groups is 2. The van der Waals surface area contributed by atoms with Gasteiger partial charge in [0.1, 0.15) is 6.61 Å². The lowest BCUT2D eigenvalue weighted by atomic mass is 10.3. The molecule has 3 heteroatoms. The molecule has 1 aliphatic rings. The molecule has 0 aromatic rings. The topological polar surface area (TPSA) is 49.7 Å². The Morgan fingerprint density at radius 1 is 1.57 bits per heavy atom. The third kappa shape index (κ3) is 1.12. The maximum atomic E-state index is 8.59. The van der Waals surface area contributed by atoms with E-state index in [0.29, 0.717) is 0 Å². The van der Waals surface area contributed by atoms with Crippen LogP contribution in [-0.4, -0.2) is 22.6 Å². The van der Waals surface area contributed by atoms with Crippen molar-refractivity contribution in [2.45, 2.75) is 12.2 Å². The predicted molar refractivity (Wildman–Crippen MR) is 22.0 cm³/mol. The van der Waals surface area contributed by atoms with Gasteiger partial charge >= 0.3 is 0 Å². The molecule has 0 bridgehead atoms. The summed E-state index contributed by atoms with van der Waals surface area (Å²) in [7, 11) is 0. The maximum Gasteiger partial charge on any atom is 0.189 e. The third-order valence-electron chi connectivity index (χ3n) is 0.843. The van der Waals surface area contributed by atoms with Gasteiger partial charge in [0.05, 0.1) is 6.61 Å². The lowest BCUT2D eigenvalue weighted by molar-refractivity contribution is -0.156. The van der Waals surface area contributed by atoms with Crippen LogP contribution < -0.4 is 0 Å². The number of hydrogen-bond donors (Lipinski definition) is 2. The van der Waals surface area contributed by atoms with Crippen molar-refractivity contribution in [2.75, 3.05) is 6.61 Å². The van der Waals surface area contributed by atoms with Crippen LogP contribution in [0.3, 0.4) is 0 Å². The van der Waals surface area contributed by atoms with Gasteiger partial charge in [0, 0.05) is 6.42 Å². The Morgan fingerprint density at radius 2 is 2.29 bits per heavy atom. The molecule has 0 spiro atoms. The van der Waals surface area contributed by atoms with Crippen LogP contribution in [0.5, 0.6) is 0 Å². The van der Waals surface area contributed by atoms with Gasteiger partial charge in [-0.25, -0.2) is 0 Å². The summed E-state index contributed by atoms with van der Waals surface area (Å²) in [6.45, 7) is 1.40. The summed E-state index contributed by atoms with van der Waals surface area (Å²) in [5.74, 6) is -1.58. The molecule has 3 nitrogen and oxygen atoms in total. The Balaban J connectivity index is 2.40. The van der Waals surface area contributed by atoms with Crippen LogP contribution in [0.1, 0.15) is 6.42 Å². The third-order valence-corrected chi connectivity index (χ3v) is 0.843. The first-order chi connectivity index (χ1) is 3.21. The second kappa shape index (κ2) is 1.43. The molecule has 7 heavy (non-hydrogen) atoms. The zero-order valence-corrected chi connectivity index (χ0v) is 3.79. The summed E-state index contributed by atoms with van der Waals surface area (Å²) in [4.78, 5) is 0. The maximum absolute atomic E-state index is 8.59. The van der Waals surface area contributed by atoms with E-state index in [-0.39, 0.29) is 13.0 Å². The first-order valence-electron chi connectivity index (χ1n) is 2.09. The van der Waals surface area contributed by atoms with Gasteiger partial charge in [-0.1, -0.05) is 0 Å². The van der Waals surface area contributed by atoms with Crippen molar-refractivity contribution in [3.8, 4) is 0 Å². The van der Waals surface area contributed by atoms with Crippen LogP contribution in [0.15, 0.2) is 0 Å². The Morgan fingerprint density at radius 3 is 2.43 bits per heavy atom. The van der Waals surface area contributed by atoms with Crippen LogP contribution in [0, 0.1) is 6.61 Å². The highest BCUT2D eigenvalue weighted by molar-refractivity contribution is 4.75. The molecular weight excluding hydrogens is 96.0 g/mol. The highest BCUT2D eigenvalue weighted by Crippen LogP contribution is 2.16. The van der Waals surface area contributed by atoms with Crippen LogP contribution in [0.25, 0.3) is 0 Å². The normalized spacial score (nSPS) is 28.3. The predicted octanol–water partition coefficient (Wildman–Crippen LogP) is -0.751. The van der Waals surface area contributed by atoms with Gasteiger partial charge in [0.15, 0.2) is 5.79 Å². The van der Waals surface area contributed by atoms with Crippen molar-refractivity contribution in [1.29, 1.82) is 0 Å². The molecule has 1 fully saturated rings. The minimum atomic E-state index is -1.58. The molecule has 0 aromatic heterocycles. The van der Waals surface area contributed by atoms with E-state index in [1.54, 1.807) is 0 Å². The zero-order chi connectivity index (χ0) is 5.33. The molecule has 2 N–H and O–H groups in total. The van der Waals surface area contributed by atoms with E-state index < -0.39 is 5.79 Å². The molecule has 0 atom stereocenters. The van der Waals surface area contributed by atoms with E-state index in [1.807, 2.05) is 0 Å². The van der Waals surface area contributed by atoms with Gasteiger partial charge in [0.2, 0.25) is 0 Å². The van der Waals surface area contributed by atoms with E-state index in [2.05, 4.69) is 4.74 Å². The molecule has 1 heterocycles. The molecule has 41 valence electrons. The molecular formula is C4H7O3. The largest absolute Gasteiger partial charge is 0.370 e. The molecule has 0 saturated carbocycles. The van der Waals surface area contributed by atoms with Crippen LogP contribution >= 0.6 is 0 Å². The molecule has 0 amide bonds. The average Bonchev–Trinajstić information content (AvgIpc) is 1.84. The molecule has 0 aliphatic carbocycles. The Hall–Kier alpha value is -0.120. The summed E-state index contributed by atoms with van der Waals surface area (Å²) >= 11 is 0. The fourth-order valence-electron chi connectivity index (χ4n) is 0.444. The van der Waals surface area contributed by atoms with Gasteiger partial charge in [-0.05, 0) is 0 Å². The van der Waals surface area contributed by atoms with Crippen molar-refractivity contribution in [1.82, 2.24) is 0 Å². The van der Waals surface area contributed by atoms with E-state index in [0.717, 1.165) is 0 Å². The van der Waals surface area contributed by atoms with Crippen LogP contribution in [0.2, 0.25) is 0 Å². The fraction of sp³-hybridized carbons (Fsp3) is 0.750. The Kier molecular flexibility index (Phi) is 1.03. The highest BCUT2D eigenvalue weighted by Gasteiger charge is 2.28. The fourth-order valence-corrected chi connectivity index (χ4v) is 0.444. The summed E-state index contributed by atoms with van der Waals surface area (Å²) in [5.41, 5.74) is 0. The summed E-state index contributed by atoms with van der Waals surface area (Å²) in [6.07, 6.45) is 0.215. The first kappa shape index (κ1) is 5.03. The zero-order valence-electron chi connectivity index (χ0n) is 3.79. The Labute approximate surface area is 41.5 Å². The molecule has 1 radical (unpaired) electrons. The van der Waals surface area contributed by atoms with E-state index in [1.165, 1.54) is 6.61 Å². The minimum Gasteiger partial charge on any atom is -0.370 e. The quantitative estimate of drug-likeness (QED) is 0.396. The number of hydrogen-bond acceptors (Lipinski definition) is 3. The second-order valence-corrected chi connectivity index (χ2v) is 1.66. The first-order valence-corrected chi connectivity index (χ1v) is 2.09. The van der Waals surface area contributed by atoms with Gasteiger partial charge in [-0.15, -0.1) is 0 Å². The second-order valence-electron chi connectivity index (χ2n) is 1.66. The molecule has 0 aromatic carbocycles. The van der Waals surface area contributed by atoms with Crippen molar-refractivity contribution >= 4 is 0 Å². The number of rotatable bonds is 0. The molecule has 1 rings (SSSR count). The van der Waals surface area contributed by atoms with Crippen molar-refractivity contribution in [2.24, 2.45) is 0 Å². The summed E-state index contributed by atoms with van der Waals surface area (Å²) in [6, 6.07) is 0. The van der Waals surface area contributed by atoms with E-state index in [9.17, 15) is 0 Å². The summed E-state index contributed by atoms with van der Waals surface area (Å²) in [5, 5.41) is 17.2. The van der Waals surface area contributed by atoms with Crippen molar-refractivity contribution < 1.29 is 14.9 Å². The van der Waals surface area contributed by atoms with E-state index in [4.69, 9.17) is 10.2 Å². The monoisotopic (exact) mass is 103 g/mol. The van der Waals surface area contributed by atoms with Crippen LogP contribution in [-0.2, 0) is 4.74 Å². The molecule has 1 saturated heterocycles. The lowest BCUT2D eigenvalue weighted by Crippen LogP contribution is -2.27. The van der Waals surface area contributed by atoms with Gasteiger partial charge in [-0.3, -0.25) is 0 Å². The lowest BCUT2D eigenvalue weighted by Gasteiger charge is -2.08. The molecule has 0 unspecified atom stereocenters. The minimum absolute atomic E-state index is 0.00694. The smallest absolute Gasteiger partial charge is 0.189 e. The molecule has 1 aliphatic heterocycles. The van der Waals surface area contributed by atoms with Crippen molar-refractivity contribution in [3.05, 3.63) is 6.61 Å². The van der Waals surface area contributed by atoms with Gasteiger partial charge in [-0.2, -0.15) is 0 Å². The highest BCUT2D eigenvalue weighted by atomic mass is 16.6. The SMILES string of the molecule is OC1(O)C[CH]OC1. The van der Waals surface area contributed by atoms with Gasteiger partial charge < -0.3 is 14.9 Å². The standard InChI is InChI=1S/C4H7O3/c5-4(6)1-2-7-3-4/h2,5-6H,1,3H2. The van der Waals surface area contributed by atoms with Gasteiger partial charge in [0.25, 0.3) is 0 Å². The van der Waals surface area contributed by atoms with Crippen LogP contribution in [0.4, 0.5) is 0 Å². The van der Waals surface area contributed by atoms with Crippen molar-refractivity contribution in [3.63, 3.8) is 0 Å². The summed E-state index contributed by atoms with van der Waals surface area (Å²) < 4.78 is 4.53. The number of ether oxygens (including phenoxy) is 1.